The monoisotopic (exact) mass is 256 g/mol. The van der Waals surface area contributed by atoms with Gasteiger partial charge in [0.2, 0.25) is 0 Å². The number of nitrogens with zero attached hydrogens (tertiary/aromatic N) is 1. The topological polar surface area (TPSA) is 55.2 Å². The maximum Gasteiger partial charge on any atom is 0.288 e. The molecule has 0 unspecified atom stereocenters. The molecule has 0 saturated heterocycles. The summed E-state index contributed by atoms with van der Waals surface area (Å²) in [6, 6.07) is 4.90. The van der Waals surface area contributed by atoms with Crippen LogP contribution in [0.5, 0.6) is 0 Å². The quantitative estimate of drug-likeness (QED) is 0.461. The maximum absolute atomic E-state index is 10.7. The number of benzene rings is 1. The Labute approximate surface area is 106 Å². The average molecular weight is 257 g/mol. The lowest BCUT2D eigenvalue weighted by Gasteiger charge is -2.05. The number of nitro groups is 1. The summed E-state index contributed by atoms with van der Waals surface area (Å²) >= 11 is 5.73. The molecule has 0 fully saturated rings. The van der Waals surface area contributed by atoms with Crippen molar-refractivity contribution in [3.63, 3.8) is 0 Å². The Balaban J connectivity index is 2.49. The summed E-state index contributed by atoms with van der Waals surface area (Å²) in [5.74, 6) is 0. The number of unbranched alkanes of at least 4 members (excludes halogenated alkanes) is 2. The van der Waals surface area contributed by atoms with Crippen LogP contribution < -0.4 is 5.32 Å². The molecule has 94 valence electrons. The van der Waals surface area contributed by atoms with E-state index in [0.29, 0.717) is 6.54 Å². The summed E-state index contributed by atoms with van der Waals surface area (Å²) < 4.78 is 0. The number of hydrogen-bond donors (Lipinski definition) is 1. The third-order valence-electron chi connectivity index (χ3n) is 2.49. The highest BCUT2D eigenvalue weighted by atomic mass is 35.5. The van der Waals surface area contributed by atoms with Gasteiger partial charge in [-0.2, -0.15) is 0 Å². The molecule has 0 bridgehead atoms. The highest BCUT2D eigenvalue weighted by Gasteiger charge is 2.12. The second-order valence-corrected chi connectivity index (χ2v) is 4.33. The van der Waals surface area contributed by atoms with Gasteiger partial charge in [0.05, 0.1) is 4.92 Å². The van der Waals surface area contributed by atoms with Crippen molar-refractivity contribution < 1.29 is 4.92 Å². The van der Waals surface area contributed by atoms with Crippen LogP contribution in [0, 0.1) is 10.1 Å². The van der Waals surface area contributed by atoms with E-state index in [4.69, 9.17) is 11.6 Å². The molecule has 1 aromatic carbocycles. The van der Waals surface area contributed by atoms with Crippen molar-refractivity contribution in [2.45, 2.75) is 32.7 Å². The summed E-state index contributed by atoms with van der Waals surface area (Å²) in [6.45, 7) is 3.73. The normalized spacial score (nSPS) is 10.5. The Morgan fingerprint density at radius 3 is 2.82 bits per heavy atom. The predicted octanol–water partition coefficient (Wildman–Crippen LogP) is 3.53. The van der Waals surface area contributed by atoms with Gasteiger partial charge in [-0.25, -0.2) is 0 Å². The van der Waals surface area contributed by atoms with Crippen molar-refractivity contribution in [1.82, 2.24) is 5.32 Å². The van der Waals surface area contributed by atoms with Gasteiger partial charge in [-0.15, -0.1) is 0 Å². The Bertz CT molecular complexity index is 383. The van der Waals surface area contributed by atoms with E-state index in [1.54, 1.807) is 6.07 Å². The molecule has 0 aliphatic heterocycles. The van der Waals surface area contributed by atoms with Crippen molar-refractivity contribution in [2.24, 2.45) is 0 Å². The molecule has 0 spiro atoms. The fourth-order valence-corrected chi connectivity index (χ4v) is 1.73. The standard InChI is InChI=1S/C12H17ClN2O2/c1-2-3-4-7-14-9-10-5-6-11(13)12(8-10)15(16)17/h5-6,8,14H,2-4,7,9H2,1H3. The molecule has 1 N–H and O–H groups in total. The van der Waals surface area contributed by atoms with Crippen LogP contribution in [0.2, 0.25) is 5.02 Å². The van der Waals surface area contributed by atoms with Gasteiger partial charge in [-0.3, -0.25) is 10.1 Å². The fourth-order valence-electron chi connectivity index (χ4n) is 1.54. The number of nitro benzene ring substituents is 1. The Morgan fingerprint density at radius 1 is 1.41 bits per heavy atom. The van der Waals surface area contributed by atoms with Crippen LogP contribution in [0.4, 0.5) is 5.69 Å². The number of hydrogen-bond acceptors (Lipinski definition) is 3. The highest BCUT2D eigenvalue weighted by Crippen LogP contribution is 2.24. The van der Waals surface area contributed by atoms with E-state index in [2.05, 4.69) is 12.2 Å². The Hall–Kier alpha value is -1.13. The molecule has 0 aliphatic carbocycles. The van der Waals surface area contributed by atoms with E-state index in [0.717, 1.165) is 18.5 Å². The molecule has 0 atom stereocenters. The van der Waals surface area contributed by atoms with Crippen molar-refractivity contribution in [2.75, 3.05) is 6.54 Å². The lowest BCUT2D eigenvalue weighted by atomic mass is 10.2. The predicted molar refractivity (Wildman–Crippen MR) is 69.3 cm³/mol. The van der Waals surface area contributed by atoms with Gasteiger partial charge in [0.25, 0.3) is 5.69 Å². The van der Waals surface area contributed by atoms with Crippen LogP contribution in [-0.4, -0.2) is 11.5 Å². The van der Waals surface area contributed by atoms with Gasteiger partial charge in [-0.05, 0) is 24.6 Å². The zero-order chi connectivity index (χ0) is 12.7. The third kappa shape index (κ3) is 4.71. The molecule has 0 radical (unpaired) electrons. The molecule has 0 saturated carbocycles. The summed E-state index contributed by atoms with van der Waals surface area (Å²) in [5, 5.41) is 14.1. The third-order valence-corrected chi connectivity index (χ3v) is 2.81. The number of rotatable bonds is 7. The van der Waals surface area contributed by atoms with Crippen LogP contribution in [0.15, 0.2) is 18.2 Å². The lowest BCUT2D eigenvalue weighted by molar-refractivity contribution is -0.384. The summed E-state index contributed by atoms with van der Waals surface area (Å²) in [6.07, 6.45) is 3.52. The number of nitrogens with one attached hydrogen (secondary N) is 1. The van der Waals surface area contributed by atoms with Crippen LogP contribution >= 0.6 is 11.6 Å². The van der Waals surface area contributed by atoms with E-state index < -0.39 is 4.92 Å². The van der Waals surface area contributed by atoms with E-state index in [-0.39, 0.29) is 10.7 Å². The Morgan fingerprint density at radius 2 is 2.18 bits per heavy atom. The van der Waals surface area contributed by atoms with Crippen molar-refractivity contribution in [1.29, 1.82) is 0 Å². The first-order chi connectivity index (χ1) is 8.15. The van der Waals surface area contributed by atoms with Gasteiger partial charge in [0, 0.05) is 12.6 Å². The minimum absolute atomic E-state index is 0.0282. The molecule has 17 heavy (non-hydrogen) atoms. The Kier molecular flexibility index (Phi) is 5.94. The first-order valence-electron chi connectivity index (χ1n) is 5.78. The summed E-state index contributed by atoms with van der Waals surface area (Å²) in [7, 11) is 0. The van der Waals surface area contributed by atoms with Crippen LogP contribution in [0.3, 0.4) is 0 Å². The largest absolute Gasteiger partial charge is 0.313 e. The number of halogens is 1. The lowest BCUT2D eigenvalue weighted by Crippen LogP contribution is -2.14. The minimum atomic E-state index is -0.455. The van der Waals surface area contributed by atoms with E-state index >= 15 is 0 Å². The highest BCUT2D eigenvalue weighted by molar-refractivity contribution is 6.32. The zero-order valence-electron chi connectivity index (χ0n) is 9.91. The van der Waals surface area contributed by atoms with Crippen LogP contribution in [-0.2, 0) is 6.54 Å². The van der Waals surface area contributed by atoms with Gasteiger partial charge in [-0.1, -0.05) is 37.4 Å². The smallest absolute Gasteiger partial charge is 0.288 e. The second kappa shape index (κ2) is 7.25. The van der Waals surface area contributed by atoms with Gasteiger partial charge in [0.15, 0.2) is 0 Å². The molecule has 0 amide bonds. The molecule has 0 aliphatic rings. The van der Waals surface area contributed by atoms with E-state index in [1.807, 2.05) is 6.07 Å². The van der Waals surface area contributed by atoms with E-state index in [1.165, 1.54) is 18.9 Å². The maximum atomic E-state index is 10.7. The zero-order valence-corrected chi connectivity index (χ0v) is 10.7. The van der Waals surface area contributed by atoms with Crippen molar-refractivity contribution in [3.8, 4) is 0 Å². The first kappa shape index (κ1) is 13.9. The van der Waals surface area contributed by atoms with Gasteiger partial charge in [0.1, 0.15) is 5.02 Å². The van der Waals surface area contributed by atoms with Crippen molar-refractivity contribution in [3.05, 3.63) is 38.9 Å². The van der Waals surface area contributed by atoms with E-state index in [9.17, 15) is 10.1 Å². The van der Waals surface area contributed by atoms with Crippen LogP contribution in [0.25, 0.3) is 0 Å². The summed E-state index contributed by atoms with van der Waals surface area (Å²) in [4.78, 5) is 10.2. The molecular formula is C12H17ClN2O2. The molecule has 1 rings (SSSR count). The van der Waals surface area contributed by atoms with Gasteiger partial charge < -0.3 is 5.32 Å². The van der Waals surface area contributed by atoms with Gasteiger partial charge >= 0.3 is 0 Å². The minimum Gasteiger partial charge on any atom is -0.313 e. The van der Waals surface area contributed by atoms with Crippen LogP contribution in [0.1, 0.15) is 31.7 Å². The molecule has 1 aromatic rings. The average Bonchev–Trinajstić information content (AvgIpc) is 2.30. The second-order valence-electron chi connectivity index (χ2n) is 3.93. The fraction of sp³-hybridized carbons (Fsp3) is 0.500. The summed E-state index contributed by atoms with van der Waals surface area (Å²) in [5.41, 5.74) is 0.858. The molecule has 4 nitrogen and oxygen atoms in total. The first-order valence-corrected chi connectivity index (χ1v) is 6.16. The molecule has 5 heteroatoms. The SMILES string of the molecule is CCCCCNCc1ccc(Cl)c([N+](=O)[O-])c1. The van der Waals surface area contributed by atoms with Crippen molar-refractivity contribution >= 4 is 17.3 Å². The molecular weight excluding hydrogens is 240 g/mol. The molecule has 0 aromatic heterocycles. The molecule has 0 heterocycles.